The van der Waals surface area contributed by atoms with Crippen LogP contribution in [0.3, 0.4) is 0 Å². The first-order valence-electron chi connectivity index (χ1n) is 10.5. The topological polar surface area (TPSA) is 90.1 Å². The van der Waals surface area contributed by atoms with Crippen molar-refractivity contribution in [3.8, 4) is 16.9 Å². The van der Waals surface area contributed by atoms with Crippen LogP contribution in [-0.4, -0.2) is 25.6 Å². The summed E-state index contributed by atoms with van der Waals surface area (Å²) >= 11 is 7.35. The number of nitro benzene ring substituents is 1. The van der Waals surface area contributed by atoms with Crippen molar-refractivity contribution in [2.75, 3.05) is 5.32 Å². The summed E-state index contributed by atoms with van der Waals surface area (Å²) in [5, 5.41) is 14.7. The van der Waals surface area contributed by atoms with E-state index in [0.29, 0.717) is 10.2 Å². The van der Waals surface area contributed by atoms with Gasteiger partial charge < -0.3 is 5.32 Å². The van der Waals surface area contributed by atoms with Crippen LogP contribution in [0.25, 0.3) is 16.9 Å². The van der Waals surface area contributed by atoms with E-state index in [-0.39, 0.29) is 17.3 Å². The van der Waals surface area contributed by atoms with Crippen molar-refractivity contribution in [1.82, 2.24) is 9.55 Å². The zero-order valence-electron chi connectivity index (χ0n) is 18.4. The highest BCUT2D eigenvalue weighted by Crippen LogP contribution is 2.34. The second-order valence-electron chi connectivity index (χ2n) is 7.58. The van der Waals surface area contributed by atoms with Crippen LogP contribution in [0.5, 0.6) is 0 Å². The lowest BCUT2D eigenvalue weighted by atomic mass is 10.1. The Hall–Kier alpha value is -3.62. The fraction of sp³-hybridized carbons (Fsp3) is 0.120. The first-order valence-corrected chi connectivity index (χ1v) is 11.7. The Morgan fingerprint density at radius 3 is 2.47 bits per heavy atom. The molecule has 0 saturated heterocycles. The molecule has 1 amide bonds. The Balaban J connectivity index is 1.67. The Morgan fingerprint density at radius 1 is 1.09 bits per heavy atom. The number of thioether (sulfide) groups is 1. The molecule has 7 nitrogen and oxygen atoms in total. The molecule has 0 fully saturated rings. The van der Waals surface area contributed by atoms with Crippen LogP contribution < -0.4 is 5.32 Å². The lowest BCUT2D eigenvalue weighted by molar-refractivity contribution is -0.383. The van der Waals surface area contributed by atoms with Gasteiger partial charge >= 0.3 is 0 Å². The van der Waals surface area contributed by atoms with Crippen LogP contribution in [0.2, 0.25) is 5.02 Å². The summed E-state index contributed by atoms with van der Waals surface area (Å²) in [4.78, 5) is 28.3. The number of aryl methyl sites for hydroxylation is 1. The number of rotatable bonds is 7. The van der Waals surface area contributed by atoms with Crippen LogP contribution in [0.1, 0.15) is 12.5 Å². The molecule has 1 unspecified atom stereocenters. The summed E-state index contributed by atoms with van der Waals surface area (Å²) in [6.07, 6.45) is 1.77. The fourth-order valence-corrected chi connectivity index (χ4v) is 4.50. The molecule has 1 heterocycles. The summed E-state index contributed by atoms with van der Waals surface area (Å²) in [7, 11) is 0. The molecular formula is C25H21ClN4O3S. The maximum absolute atomic E-state index is 12.9. The van der Waals surface area contributed by atoms with Crippen molar-refractivity contribution in [1.29, 1.82) is 0 Å². The summed E-state index contributed by atoms with van der Waals surface area (Å²) in [6, 6.07) is 21.5. The number of carbonyl (C=O) groups is 1. The number of hydrogen-bond acceptors (Lipinski definition) is 5. The maximum atomic E-state index is 12.9. The first kappa shape index (κ1) is 23.5. The fourth-order valence-electron chi connectivity index (χ4n) is 3.47. The summed E-state index contributed by atoms with van der Waals surface area (Å²) < 4.78 is 2.01. The van der Waals surface area contributed by atoms with Crippen molar-refractivity contribution in [2.24, 2.45) is 0 Å². The monoisotopic (exact) mass is 492 g/mol. The zero-order valence-corrected chi connectivity index (χ0v) is 20.0. The van der Waals surface area contributed by atoms with Gasteiger partial charge in [0, 0.05) is 16.7 Å². The number of nitrogens with one attached hydrogen (secondary N) is 1. The number of benzene rings is 3. The third kappa shape index (κ3) is 4.98. The van der Waals surface area contributed by atoms with E-state index in [2.05, 4.69) is 10.3 Å². The Kier molecular flexibility index (Phi) is 7.00. The number of nitro groups is 1. The average Bonchev–Trinajstić information content (AvgIpc) is 3.23. The summed E-state index contributed by atoms with van der Waals surface area (Å²) in [6.45, 7) is 3.76. The van der Waals surface area contributed by atoms with Gasteiger partial charge in [-0.15, -0.1) is 0 Å². The van der Waals surface area contributed by atoms with Gasteiger partial charge in [0.1, 0.15) is 5.69 Å². The molecule has 0 radical (unpaired) electrons. The average molecular weight is 493 g/mol. The molecule has 3 aromatic carbocycles. The highest BCUT2D eigenvalue weighted by atomic mass is 35.5. The Labute approximate surface area is 205 Å². The van der Waals surface area contributed by atoms with E-state index in [1.54, 1.807) is 25.3 Å². The molecule has 0 aliphatic rings. The largest absolute Gasteiger partial charge is 0.319 e. The molecular weight excluding hydrogens is 472 g/mol. The normalized spacial score (nSPS) is 11.7. The van der Waals surface area contributed by atoms with Crippen molar-refractivity contribution in [2.45, 2.75) is 24.3 Å². The third-order valence-electron chi connectivity index (χ3n) is 5.24. The van der Waals surface area contributed by atoms with E-state index in [9.17, 15) is 14.9 Å². The standard InChI is InChI=1S/C25H21ClN4O3S/c1-16-7-3-5-9-21(16)29-23(18-11-13-19(26)14-12-18)15-27-25(29)34-17(2)24(31)28-20-8-4-6-10-22(20)30(32)33/h3-15,17H,1-2H3,(H,28,31). The molecule has 1 N–H and O–H groups in total. The van der Waals surface area contributed by atoms with E-state index >= 15 is 0 Å². The van der Waals surface area contributed by atoms with Crippen molar-refractivity contribution in [3.05, 3.63) is 99.7 Å². The number of carbonyl (C=O) groups excluding carboxylic acids is 1. The molecule has 34 heavy (non-hydrogen) atoms. The van der Waals surface area contributed by atoms with E-state index in [4.69, 9.17) is 11.6 Å². The highest BCUT2D eigenvalue weighted by Gasteiger charge is 2.23. The molecule has 0 saturated carbocycles. The van der Waals surface area contributed by atoms with E-state index in [0.717, 1.165) is 22.5 Å². The molecule has 4 rings (SSSR count). The van der Waals surface area contributed by atoms with Gasteiger partial charge in [-0.3, -0.25) is 19.5 Å². The number of hydrogen-bond donors (Lipinski definition) is 1. The highest BCUT2D eigenvalue weighted by molar-refractivity contribution is 8.00. The summed E-state index contributed by atoms with van der Waals surface area (Å²) in [5.41, 5.74) is 3.80. The number of aromatic nitrogens is 2. The van der Waals surface area contributed by atoms with Gasteiger partial charge in [0.05, 0.1) is 27.8 Å². The van der Waals surface area contributed by atoms with E-state index in [1.807, 2.05) is 60.0 Å². The van der Waals surface area contributed by atoms with Gasteiger partial charge in [-0.1, -0.05) is 65.8 Å². The van der Waals surface area contributed by atoms with Gasteiger partial charge in [0.15, 0.2) is 5.16 Å². The maximum Gasteiger partial charge on any atom is 0.292 e. The van der Waals surface area contributed by atoms with E-state index < -0.39 is 10.2 Å². The van der Waals surface area contributed by atoms with Gasteiger partial charge in [-0.05, 0) is 43.7 Å². The number of imidazole rings is 1. The van der Waals surface area contributed by atoms with Crippen LogP contribution in [0.15, 0.2) is 84.1 Å². The van der Waals surface area contributed by atoms with Crippen molar-refractivity contribution < 1.29 is 9.72 Å². The molecule has 0 bridgehead atoms. The predicted molar refractivity (Wildman–Crippen MR) is 136 cm³/mol. The SMILES string of the molecule is Cc1ccccc1-n1c(-c2ccc(Cl)cc2)cnc1SC(C)C(=O)Nc1ccccc1[N+](=O)[O-]. The molecule has 1 aromatic heterocycles. The minimum Gasteiger partial charge on any atom is -0.319 e. The van der Waals surface area contributed by atoms with Crippen LogP contribution in [-0.2, 0) is 4.79 Å². The second kappa shape index (κ2) is 10.1. The minimum absolute atomic E-state index is 0.153. The zero-order chi connectivity index (χ0) is 24.2. The lowest BCUT2D eigenvalue weighted by Gasteiger charge is -2.17. The van der Waals surface area contributed by atoms with Gasteiger partial charge in [-0.25, -0.2) is 4.98 Å². The number of anilines is 1. The molecule has 1 atom stereocenters. The van der Waals surface area contributed by atoms with E-state index in [1.165, 1.54) is 23.9 Å². The molecule has 0 aliphatic carbocycles. The van der Waals surface area contributed by atoms with Crippen LogP contribution >= 0.6 is 23.4 Å². The smallest absolute Gasteiger partial charge is 0.292 e. The molecule has 9 heteroatoms. The second-order valence-corrected chi connectivity index (χ2v) is 9.32. The first-order chi connectivity index (χ1) is 16.3. The van der Waals surface area contributed by atoms with Crippen LogP contribution in [0, 0.1) is 17.0 Å². The molecule has 0 aliphatic heterocycles. The number of amides is 1. The lowest BCUT2D eigenvalue weighted by Crippen LogP contribution is -2.23. The van der Waals surface area contributed by atoms with Gasteiger partial charge in [0.2, 0.25) is 5.91 Å². The minimum atomic E-state index is -0.567. The van der Waals surface area contributed by atoms with Crippen LogP contribution in [0.4, 0.5) is 11.4 Å². The molecule has 0 spiro atoms. The molecule has 172 valence electrons. The Bertz CT molecular complexity index is 1350. The van der Waals surface area contributed by atoms with Gasteiger partial charge in [0.25, 0.3) is 5.69 Å². The number of para-hydroxylation sites is 3. The number of halogens is 1. The predicted octanol–water partition coefficient (Wildman–Crippen LogP) is 6.53. The number of nitrogens with zero attached hydrogens (tertiary/aromatic N) is 3. The molecule has 4 aromatic rings. The van der Waals surface area contributed by atoms with Crippen molar-refractivity contribution in [3.63, 3.8) is 0 Å². The summed E-state index contributed by atoms with van der Waals surface area (Å²) in [5.74, 6) is -0.355. The quantitative estimate of drug-likeness (QED) is 0.180. The Morgan fingerprint density at radius 2 is 1.76 bits per heavy atom. The third-order valence-corrected chi connectivity index (χ3v) is 6.55. The van der Waals surface area contributed by atoms with Crippen molar-refractivity contribution >= 4 is 40.6 Å². The van der Waals surface area contributed by atoms with Gasteiger partial charge in [-0.2, -0.15) is 0 Å².